The third-order valence-electron chi connectivity index (χ3n) is 5.21. The van der Waals surface area contributed by atoms with E-state index in [9.17, 15) is 9.59 Å². The van der Waals surface area contributed by atoms with E-state index < -0.39 is 0 Å². The van der Waals surface area contributed by atoms with Crippen molar-refractivity contribution in [1.82, 2.24) is 15.1 Å². The standard InChI is InChI=1S/C18H26N4O2/c1-21(2)17(24)20-15-5-3-4-14(12-15)16(23)22-10-7-18(8-11-22)6-9-19-13-18/h3-5,12,19H,6-11,13H2,1-2H3,(H,20,24). The molecule has 0 unspecified atom stereocenters. The Balaban J connectivity index is 1.64. The second-order valence-electron chi connectivity index (χ2n) is 7.12. The molecule has 1 aromatic carbocycles. The van der Waals surface area contributed by atoms with E-state index in [4.69, 9.17) is 0 Å². The first-order chi connectivity index (χ1) is 11.5. The number of hydrogen-bond acceptors (Lipinski definition) is 3. The molecular weight excluding hydrogens is 304 g/mol. The molecule has 6 heteroatoms. The Kier molecular flexibility index (Phi) is 4.76. The Morgan fingerprint density at radius 2 is 1.96 bits per heavy atom. The van der Waals surface area contributed by atoms with E-state index in [0.717, 1.165) is 39.0 Å². The minimum absolute atomic E-state index is 0.0526. The van der Waals surface area contributed by atoms with Crippen LogP contribution in [0, 0.1) is 5.41 Å². The Bertz CT molecular complexity index is 613. The van der Waals surface area contributed by atoms with Crippen LogP contribution in [-0.4, -0.2) is 62.0 Å². The summed E-state index contributed by atoms with van der Waals surface area (Å²) >= 11 is 0. The molecule has 2 heterocycles. The van der Waals surface area contributed by atoms with Crippen molar-refractivity contribution in [3.05, 3.63) is 29.8 Å². The van der Waals surface area contributed by atoms with E-state index in [-0.39, 0.29) is 11.9 Å². The van der Waals surface area contributed by atoms with E-state index >= 15 is 0 Å². The highest BCUT2D eigenvalue weighted by Crippen LogP contribution is 2.37. The molecule has 130 valence electrons. The number of carbonyl (C=O) groups excluding carboxylic acids is 2. The molecule has 2 aliphatic rings. The number of nitrogens with one attached hydrogen (secondary N) is 2. The molecule has 1 aromatic rings. The molecule has 0 radical (unpaired) electrons. The highest BCUT2D eigenvalue weighted by Gasteiger charge is 2.38. The second kappa shape index (κ2) is 6.81. The Morgan fingerprint density at radius 3 is 2.58 bits per heavy atom. The normalized spacial score (nSPS) is 19.3. The van der Waals surface area contributed by atoms with E-state index in [0.29, 0.717) is 16.7 Å². The predicted molar refractivity (Wildman–Crippen MR) is 94.2 cm³/mol. The maximum atomic E-state index is 12.8. The van der Waals surface area contributed by atoms with Gasteiger partial charge in [-0.1, -0.05) is 6.07 Å². The van der Waals surface area contributed by atoms with Crippen LogP contribution in [0.4, 0.5) is 10.5 Å². The van der Waals surface area contributed by atoms with Gasteiger partial charge >= 0.3 is 6.03 Å². The molecule has 3 rings (SSSR count). The topological polar surface area (TPSA) is 64.7 Å². The van der Waals surface area contributed by atoms with Gasteiger partial charge in [-0.2, -0.15) is 0 Å². The van der Waals surface area contributed by atoms with E-state index in [1.165, 1.54) is 11.3 Å². The molecule has 6 nitrogen and oxygen atoms in total. The third kappa shape index (κ3) is 3.53. The second-order valence-corrected chi connectivity index (χ2v) is 7.12. The number of urea groups is 1. The largest absolute Gasteiger partial charge is 0.339 e. The van der Waals surface area contributed by atoms with Gasteiger partial charge in [0.05, 0.1) is 0 Å². The summed E-state index contributed by atoms with van der Waals surface area (Å²) in [5, 5.41) is 6.23. The summed E-state index contributed by atoms with van der Waals surface area (Å²) in [6.45, 7) is 3.81. The van der Waals surface area contributed by atoms with Gasteiger partial charge in [0.15, 0.2) is 0 Å². The number of carbonyl (C=O) groups is 2. The zero-order chi connectivity index (χ0) is 17.2. The quantitative estimate of drug-likeness (QED) is 0.872. The molecule has 2 fully saturated rings. The zero-order valence-electron chi connectivity index (χ0n) is 14.5. The van der Waals surface area contributed by atoms with Gasteiger partial charge in [-0.3, -0.25) is 4.79 Å². The van der Waals surface area contributed by atoms with Crippen molar-refractivity contribution in [1.29, 1.82) is 0 Å². The van der Waals surface area contributed by atoms with E-state index in [1.54, 1.807) is 26.2 Å². The third-order valence-corrected chi connectivity index (χ3v) is 5.21. The summed E-state index contributed by atoms with van der Waals surface area (Å²) in [6.07, 6.45) is 3.37. The minimum Gasteiger partial charge on any atom is -0.339 e. The van der Waals surface area contributed by atoms with Crippen LogP contribution in [0.15, 0.2) is 24.3 Å². The number of piperidine rings is 1. The summed E-state index contributed by atoms with van der Waals surface area (Å²) in [5.74, 6) is 0.0526. The summed E-state index contributed by atoms with van der Waals surface area (Å²) in [4.78, 5) is 27.9. The van der Waals surface area contributed by atoms with E-state index in [1.807, 2.05) is 17.0 Å². The van der Waals surface area contributed by atoms with Crippen LogP contribution in [0.1, 0.15) is 29.6 Å². The number of amides is 3. The van der Waals surface area contributed by atoms with Gasteiger partial charge in [0, 0.05) is 45.0 Å². The number of benzene rings is 1. The van der Waals surface area contributed by atoms with Gasteiger partial charge in [0.25, 0.3) is 5.91 Å². The Labute approximate surface area is 143 Å². The van der Waals surface area contributed by atoms with Crippen LogP contribution >= 0.6 is 0 Å². The smallest absolute Gasteiger partial charge is 0.321 e. The molecule has 0 bridgehead atoms. The van der Waals surface area contributed by atoms with Gasteiger partial charge in [0.1, 0.15) is 0 Å². The molecule has 2 saturated heterocycles. The number of rotatable bonds is 2. The molecular formula is C18H26N4O2. The highest BCUT2D eigenvalue weighted by atomic mass is 16.2. The lowest BCUT2D eigenvalue weighted by atomic mass is 9.78. The fourth-order valence-electron chi connectivity index (χ4n) is 3.55. The van der Waals surface area contributed by atoms with Crippen LogP contribution in [0.25, 0.3) is 0 Å². The van der Waals surface area contributed by atoms with Gasteiger partial charge < -0.3 is 20.4 Å². The molecule has 3 amide bonds. The maximum Gasteiger partial charge on any atom is 0.321 e. The van der Waals surface area contributed by atoms with Crippen LogP contribution in [0.3, 0.4) is 0 Å². The molecule has 24 heavy (non-hydrogen) atoms. The average Bonchev–Trinajstić information content (AvgIpc) is 3.03. The van der Waals surface area contributed by atoms with E-state index in [2.05, 4.69) is 10.6 Å². The highest BCUT2D eigenvalue weighted by molar-refractivity contribution is 5.96. The molecule has 0 atom stereocenters. The molecule has 0 aliphatic carbocycles. The predicted octanol–water partition coefficient (Wildman–Crippen LogP) is 2.00. The lowest BCUT2D eigenvalue weighted by Crippen LogP contribution is -2.44. The van der Waals surface area contributed by atoms with Gasteiger partial charge in [-0.05, 0) is 49.4 Å². The molecule has 2 N–H and O–H groups in total. The monoisotopic (exact) mass is 330 g/mol. The number of nitrogens with zero attached hydrogens (tertiary/aromatic N) is 2. The van der Waals surface area contributed by atoms with Crippen molar-refractivity contribution >= 4 is 17.6 Å². The summed E-state index contributed by atoms with van der Waals surface area (Å²) in [6, 6.07) is 6.98. The van der Waals surface area contributed by atoms with Crippen molar-refractivity contribution in [2.45, 2.75) is 19.3 Å². The minimum atomic E-state index is -0.201. The molecule has 1 spiro atoms. The number of hydrogen-bond donors (Lipinski definition) is 2. The maximum absolute atomic E-state index is 12.8. The lowest BCUT2D eigenvalue weighted by molar-refractivity contribution is 0.0607. The van der Waals surface area contributed by atoms with Gasteiger partial charge in [-0.25, -0.2) is 4.79 Å². The van der Waals surface area contributed by atoms with Crippen molar-refractivity contribution in [2.75, 3.05) is 45.6 Å². The van der Waals surface area contributed by atoms with Crippen molar-refractivity contribution in [3.8, 4) is 0 Å². The summed E-state index contributed by atoms with van der Waals surface area (Å²) in [7, 11) is 3.37. The van der Waals surface area contributed by atoms with Gasteiger partial charge in [-0.15, -0.1) is 0 Å². The van der Waals surface area contributed by atoms with Crippen molar-refractivity contribution < 1.29 is 9.59 Å². The lowest BCUT2D eigenvalue weighted by Gasteiger charge is -2.39. The zero-order valence-corrected chi connectivity index (χ0v) is 14.5. The van der Waals surface area contributed by atoms with Crippen LogP contribution in [0.2, 0.25) is 0 Å². The first kappa shape index (κ1) is 16.8. The molecule has 2 aliphatic heterocycles. The fraction of sp³-hybridized carbons (Fsp3) is 0.556. The van der Waals surface area contributed by atoms with Crippen LogP contribution in [-0.2, 0) is 0 Å². The first-order valence-electron chi connectivity index (χ1n) is 8.58. The van der Waals surface area contributed by atoms with Gasteiger partial charge in [0.2, 0.25) is 0 Å². The van der Waals surface area contributed by atoms with Crippen molar-refractivity contribution in [3.63, 3.8) is 0 Å². The number of likely N-dealkylation sites (tertiary alicyclic amines) is 1. The van der Waals surface area contributed by atoms with Crippen LogP contribution in [0.5, 0.6) is 0 Å². The summed E-state index contributed by atoms with van der Waals surface area (Å²) in [5.41, 5.74) is 1.68. The average molecular weight is 330 g/mol. The Hall–Kier alpha value is -2.08. The fourth-order valence-corrected chi connectivity index (χ4v) is 3.55. The summed E-state index contributed by atoms with van der Waals surface area (Å²) < 4.78 is 0. The Morgan fingerprint density at radius 1 is 1.21 bits per heavy atom. The SMILES string of the molecule is CN(C)C(=O)Nc1cccc(C(=O)N2CCC3(CCNC3)CC2)c1. The molecule has 0 saturated carbocycles. The molecule has 0 aromatic heterocycles. The number of anilines is 1. The van der Waals surface area contributed by atoms with Crippen molar-refractivity contribution in [2.24, 2.45) is 5.41 Å². The van der Waals surface area contributed by atoms with Crippen LogP contribution < -0.4 is 10.6 Å². The first-order valence-corrected chi connectivity index (χ1v) is 8.58.